The molecule has 18 heavy (non-hydrogen) atoms. The minimum atomic E-state index is -3.86. The molecule has 0 bridgehead atoms. The van der Waals surface area contributed by atoms with E-state index in [0.29, 0.717) is 5.69 Å². The molecule has 6 heteroatoms. The SMILES string of the molecule is O=S(=O)(ON=Cc1ccccn1)c1ccccc1. The Labute approximate surface area is 105 Å². The molecule has 0 aliphatic heterocycles. The molecule has 1 aromatic carbocycles. The lowest BCUT2D eigenvalue weighted by Gasteiger charge is -1.99. The molecule has 2 rings (SSSR count). The molecule has 0 N–H and O–H groups in total. The number of nitrogens with zero attached hydrogens (tertiary/aromatic N) is 2. The molecule has 0 aliphatic carbocycles. The van der Waals surface area contributed by atoms with Crippen molar-refractivity contribution in [2.45, 2.75) is 4.90 Å². The fraction of sp³-hybridized carbons (Fsp3) is 0. The minimum absolute atomic E-state index is 0.0585. The molecule has 0 fully saturated rings. The number of rotatable bonds is 4. The molecule has 2 aromatic rings. The van der Waals surface area contributed by atoms with Crippen LogP contribution in [0.25, 0.3) is 0 Å². The van der Waals surface area contributed by atoms with E-state index in [-0.39, 0.29) is 4.90 Å². The summed E-state index contributed by atoms with van der Waals surface area (Å²) in [5.41, 5.74) is 0.515. The van der Waals surface area contributed by atoms with E-state index in [1.54, 1.807) is 42.6 Å². The Hall–Kier alpha value is -2.21. The first-order valence-corrected chi connectivity index (χ1v) is 6.52. The van der Waals surface area contributed by atoms with Gasteiger partial charge in [0.25, 0.3) is 0 Å². The summed E-state index contributed by atoms with van der Waals surface area (Å²) in [5.74, 6) is 0. The number of oxime groups is 1. The molecule has 0 atom stereocenters. The number of pyridine rings is 1. The first-order valence-electron chi connectivity index (χ1n) is 5.11. The summed E-state index contributed by atoms with van der Waals surface area (Å²) in [5, 5.41) is 3.41. The Morgan fingerprint density at radius 1 is 1.06 bits per heavy atom. The van der Waals surface area contributed by atoms with Crippen LogP contribution in [0.15, 0.2) is 64.8 Å². The van der Waals surface area contributed by atoms with Crippen molar-refractivity contribution < 1.29 is 12.7 Å². The number of hydrogen-bond acceptors (Lipinski definition) is 5. The predicted octanol–water partition coefficient (Wildman–Crippen LogP) is 1.82. The highest BCUT2D eigenvalue weighted by atomic mass is 32.2. The summed E-state index contributed by atoms with van der Waals surface area (Å²) >= 11 is 0. The van der Waals surface area contributed by atoms with Crippen LogP contribution in [0, 0.1) is 0 Å². The topological polar surface area (TPSA) is 68.6 Å². The van der Waals surface area contributed by atoms with Gasteiger partial charge in [0.05, 0.1) is 11.9 Å². The Kier molecular flexibility index (Phi) is 3.69. The summed E-state index contributed by atoms with van der Waals surface area (Å²) in [6, 6.07) is 13.0. The second kappa shape index (κ2) is 5.42. The van der Waals surface area contributed by atoms with Crippen molar-refractivity contribution in [3.05, 3.63) is 60.4 Å². The molecule has 0 saturated carbocycles. The van der Waals surface area contributed by atoms with Crippen LogP contribution < -0.4 is 0 Å². The van der Waals surface area contributed by atoms with Gasteiger partial charge in [0.1, 0.15) is 4.90 Å². The summed E-state index contributed by atoms with van der Waals surface area (Å²) in [6.45, 7) is 0. The van der Waals surface area contributed by atoms with Crippen molar-refractivity contribution in [3.63, 3.8) is 0 Å². The van der Waals surface area contributed by atoms with Crippen LogP contribution in [0.3, 0.4) is 0 Å². The van der Waals surface area contributed by atoms with Gasteiger partial charge in [-0.1, -0.05) is 29.4 Å². The molecular weight excluding hydrogens is 252 g/mol. The first kappa shape index (κ1) is 12.3. The highest BCUT2D eigenvalue weighted by Gasteiger charge is 2.14. The average Bonchev–Trinajstić information content (AvgIpc) is 2.41. The van der Waals surface area contributed by atoms with E-state index in [4.69, 9.17) is 0 Å². The number of aromatic nitrogens is 1. The lowest BCUT2D eigenvalue weighted by atomic mass is 10.4. The predicted molar refractivity (Wildman–Crippen MR) is 66.5 cm³/mol. The molecular formula is C12H10N2O3S. The molecule has 0 radical (unpaired) electrons. The van der Waals surface area contributed by atoms with E-state index in [1.165, 1.54) is 18.3 Å². The Morgan fingerprint density at radius 2 is 1.78 bits per heavy atom. The largest absolute Gasteiger partial charge is 0.358 e. The van der Waals surface area contributed by atoms with Crippen molar-refractivity contribution in [3.8, 4) is 0 Å². The van der Waals surface area contributed by atoms with E-state index in [1.807, 2.05) is 0 Å². The van der Waals surface area contributed by atoms with E-state index in [2.05, 4.69) is 14.4 Å². The van der Waals surface area contributed by atoms with Crippen LogP contribution >= 0.6 is 0 Å². The van der Waals surface area contributed by atoms with Crippen LogP contribution in [0.5, 0.6) is 0 Å². The van der Waals surface area contributed by atoms with Gasteiger partial charge in [0, 0.05) is 6.20 Å². The van der Waals surface area contributed by atoms with Crippen LogP contribution in [-0.4, -0.2) is 19.6 Å². The fourth-order valence-corrected chi connectivity index (χ4v) is 1.95. The second-order valence-corrected chi connectivity index (χ2v) is 4.86. The summed E-state index contributed by atoms with van der Waals surface area (Å²) < 4.78 is 27.9. The highest BCUT2D eigenvalue weighted by molar-refractivity contribution is 7.86. The van der Waals surface area contributed by atoms with Crippen molar-refractivity contribution >= 4 is 16.3 Å². The molecule has 0 spiro atoms. The standard InChI is InChI=1S/C12H10N2O3S/c15-18(16,12-7-2-1-3-8-12)17-14-10-11-6-4-5-9-13-11/h1-10H. The zero-order valence-electron chi connectivity index (χ0n) is 9.30. The molecule has 1 heterocycles. The van der Waals surface area contributed by atoms with Crippen molar-refractivity contribution in [1.29, 1.82) is 0 Å². The zero-order valence-corrected chi connectivity index (χ0v) is 10.1. The van der Waals surface area contributed by atoms with Gasteiger partial charge >= 0.3 is 10.1 Å². The molecule has 0 aliphatic rings. The van der Waals surface area contributed by atoms with Crippen molar-refractivity contribution in [2.24, 2.45) is 5.16 Å². The zero-order chi connectivity index (χ0) is 12.8. The van der Waals surface area contributed by atoms with Gasteiger partial charge in [-0.3, -0.25) is 9.27 Å². The second-order valence-electron chi connectivity index (χ2n) is 3.33. The lowest BCUT2D eigenvalue weighted by Crippen LogP contribution is -2.02. The molecule has 1 aromatic heterocycles. The van der Waals surface area contributed by atoms with Gasteiger partial charge in [0.15, 0.2) is 0 Å². The Bertz CT molecular complexity index is 625. The summed E-state index contributed by atoms with van der Waals surface area (Å²) in [4.78, 5) is 4.01. The van der Waals surface area contributed by atoms with Gasteiger partial charge in [-0.15, -0.1) is 0 Å². The third-order valence-corrected chi connectivity index (χ3v) is 3.18. The van der Waals surface area contributed by atoms with Gasteiger partial charge in [0.2, 0.25) is 0 Å². The quantitative estimate of drug-likeness (QED) is 0.622. The number of benzene rings is 1. The maximum Gasteiger partial charge on any atom is 0.358 e. The minimum Gasteiger partial charge on any atom is -0.265 e. The van der Waals surface area contributed by atoms with E-state index in [9.17, 15) is 8.42 Å². The molecule has 0 unspecified atom stereocenters. The summed E-state index contributed by atoms with van der Waals surface area (Å²) in [6.07, 6.45) is 2.81. The first-order chi connectivity index (χ1) is 8.68. The van der Waals surface area contributed by atoms with Crippen LogP contribution in [0.1, 0.15) is 5.69 Å². The van der Waals surface area contributed by atoms with Gasteiger partial charge in [-0.05, 0) is 24.3 Å². The van der Waals surface area contributed by atoms with Crippen LogP contribution in [-0.2, 0) is 14.4 Å². The molecule has 92 valence electrons. The van der Waals surface area contributed by atoms with Crippen molar-refractivity contribution in [1.82, 2.24) is 4.98 Å². The van der Waals surface area contributed by atoms with E-state index in [0.717, 1.165) is 0 Å². The normalized spacial score (nSPS) is 11.6. The van der Waals surface area contributed by atoms with Crippen molar-refractivity contribution in [2.75, 3.05) is 0 Å². The molecule has 5 nitrogen and oxygen atoms in total. The third-order valence-electron chi connectivity index (χ3n) is 2.05. The van der Waals surface area contributed by atoms with E-state index >= 15 is 0 Å². The average molecular weight is 262 g/mol. The monoisotopic (exact) mass is 262 g/mol. The fourth-order valence-electron chi connectivity index (χ4n) is 1.21. The van der Waals surface area contributed by atoms with Gasteiger partial charge in [-0.2, -0.15) is 8.42 Å². The number of hydrogen-bond donors (Lipinski definition) is 0. The van der Waals surface area contributed by atoms with Gasteiger partial charge < -0.3 is 0 Å². The molecule has 0 amide bonds. The Morgan fingerprint density at radius 3 is 2.44 bits per heavy atom. The smallest absolute Gasteiger partial charge is 0.265 e. The van der Waals surface area contributed by atoms with Crippen LogP contribution in [0.2, 0.25) is 0 Å². The Balaban J connectivity index is 2.09. The lowest BCUT2D eigenvalue weighted by molar-refractivity contribution is 0.341. The maximum atomic E-state index is 11.7. The maximum absolute atomic E-state index is 11.7. The summed E-state index contributed by atoms with van der Waals surface area (Å²) in [7, 11) is -3.86. The van der Waals surface area contributed by atoms with E-state index < -0.39 is 10.1 Å². The molecule has 0 saturated heterocycles. The van der Waals surface area contributed by atoms with Crippen LogP contribution in [0.4, 0.5) is 0 Å². The van der Waals surface area contributed by atoms with Gasteiger partial charge in [-0.25, -0.2) is 0 Å². The highest BCUT2D eigenvalue weighted by Crippen LogP contribution is 2.11. The third kappa shape index (κ3) is 3.14.